The highest BCUT2D eigenvalue weighted by atomic mass is 32.1. The van der Waals surface area contributed by atoms with Crippen molar-refractivity contribution in [3.05, 3.63) is 0 Å². The predicted octanol–water partition coefficient (Wildman–Crippen LogP) is 2.34. The van der Waals surface area contributed by atoms with Gasteiger partial charge in [0.25, 0.3) is 0 Å². The standard InChI is InChI=1S/C10H16O3S2/c1-10(2,3)13-8(11)6-4-7(5-6)12-9(14)15/h6-7H,4-5H2,1-3H3,(H,14,15). The van der Waals surface area contributed by atoms with E-state index in [-0.39, 0.29) is 22.4 Å². The Hall–Kier alpha value is -0.290. The minimum Gasteiger partial charge on any atom is -0.475 e. The summed E-state index contributed by atoms with van der Waals surface area (Å²) < 4.78 is 10.7. The average molecular weight is 248 g/mol. The number of hydrogen-bond acceptors (Lipinski definition) is 4. The zero-order valence-electron chi connectivity index (χ0n) is 9.15. The molecule has 0 bridgehead atoms. The van der Waals surface area contributed by atoms with E-state index in [2.05, 4.69) is 24.8 Å². The first-order chi connectivity index (χ1) is 6.78. The molecule has 0 heterocycles. The van der Waals surface area contributed by atoms with Gasteiger partial charge in [-0.25, -0.2) is 0 Å². The van der Waals surface area contributed by atoms with E-state index < -0.39 is 5.60 Å². The molecule has 0 spiro atoms. The molecule has 0 aromatic heterocycles. The van der Waals surface area contributed by atoms with Gasteiger partial charge in [-0.3, -0.25) is 4.79 Å². The van der Waals surface area contributed by atoms with Crippen LogP contribution < -0.4 is 0 Å². The highest BCUT2D eigenvalue weighted by Crippen LogP contribution is 2.32. The van der Waals surface area contributed by atoms with Crippen LogP contribution in [0.15, 0.2) is 0 Å². The molecule has 0 aromatic carbocycles. The number of carbonyl (C=O) groups is 1. The first-order valence-electron chi connectivity index (χ1n) is 4.90. The quantitative estimate of drug-likeness (QED) is 0.462. The first kappa shape index (κ1) is 12.8. The number of rotatable bonds is 2. The summed E-state index contributed by atoms with van der Waals surface area (Å²) in [6, 6.07) is 0. The van der Waals surface area contributed by atoms with Crippen LogP contribution in [-0.4, -0.2) is 22.1 Å². The first-order valence-corrected chi connectivity index (χ1v) is 5.76. The summed E-state index contributed by atoms with van der Waals surface area (Å²) in [4.78, 5) is 11.5. The lowest BCUT2D eigenvalue weighted by Gasteiger charge is -2.34. The van der Waals surface area contributed by atoms with Gasteiger partial charge in [-0.05, 0) is 45.8 Å². The van der Waals surface area contributed by atoms with Gasteiger partial charge in [0.2, 0.25) is 4.38 Å². The minimum atomic E-state index is -0.415. The fourth-order valence-electron chi connectivity index (χ4n) is 1.38. The molecule has 1 aliphatic carbocycles. The largest absolute Gasteiger partial charge is 0.475 e. The molecule has 0 saturated heterocycles. The molecule has 0 unspecified atom stereocenters. The van der Waals surface area contributed by atoms with Crippen LogP contribution in [-0.2, 0) is 14.3 Å². The van der Waals surface area contributed by atoms with Gasteiger partial charge in [0.1, 0.15) is 11.7 Å². The molecule has 5 heteroatoms. The molecule has 1 aliphatic rings. The molecule has 1 rings (SSSR count). The third kappa shape index (κ3) is 4.38. The average Bonchev–Trinajstić information content (AvgIpc) is 1.91. The molecule has 0 aromatic rings. The molecule has 0 aliphatic heterocycles. The Labute approximate surface area is 101 Å². The number of hydrogen-bond donors (Lipinski definition) is 1. The van der Waals surface area contributed by atoms with E-state index in [0.29, 0.717) is 12.8 Å². The second-order valence-electron chi connectivity index (χ2n) is 4.71. The van der Waals surface area contributed by atoms with E-state index in [1.54, 1.807) is 0 Å². The molecule has 0 atom stereocenters. The van der Waals surface area contributed by atoms with Gasteiger partial charge in [-0.2, -0.15) is 0 Å². The molecular formula is C10H16O3S2. The van der Waals surface area contributed by atoms with Gasteiger partial charge in [-0.1, -0.05) is 12.6 Å². The predicted molar refractivity (Wildman–Crippen MR) is 65.0 cm³/mol. The minimum absolute atomic E-state index is 0.0347. The van der Waals surface area contributed by atoms with Crippen LogP contribution in [0.3, 0.4) is 0 Å². The number of thiol groups is 1. The van der Waals surface area contributed by atoms with Crippen molar-refractivity contribution in [3.8, 4) is 0 Å². The van der Waals surface area contributed by atoms with Crippen LogP contribution in [0, 0.1) is 5.92 Å². The lowest BCUT2D eigenvalue weighted by molar-refractivity contribution is -0.166. The van der Waals surface area contributed by atoms with E-state index in [4.69, 9.17) is 9.47 Å². The zero-order chi connectivity index (χ0) is 11.6. The number of esters is 1. The molecule has 3 nitrogen and oxygen atoms in total. The van der Waals surface area contributed by atoms with Crippen LogP contribution in [0.2, 0.25) is 0 Å². The normalized spacial score (nSPS) is 25.3. The van der Waals surface area contributed by atoms with Crippen LogP contribution in [0.25, 0.3) is 0 Å². The highest BCUT2D eigenvalue weighted by Gasteiger charge is 2.38. The van der Waals surface area contributed by atoms with Crippen LogP contribution in [0.5, 0.6) is 0 Å². The Morgan fingerprint density at radius 2 is 1.93 bits per heavy atom. The van der Waals surface area contributed by atoms with Crippen LogP contribution in [0.1, 0.15) is 33.6 Å². The molecule has 1 saturated carbocycles. The SMILES string of the molecule is CC(C)(C)OC(=O)C1CC(OC(=S)S)C1. The summed E-state index contributed by atoms with van der Waals surface area (Å²) in [6.45, 7) is 5.58. The van der Waals surface area contributed by atoms with Gasteiger partial charge in [0, 0.05) is 0 Å². The van der Waals surface area contributed by atoms with Crippen LogP contribution in [0.4, 0.5) is 0 Å². The van der Waals surface area contributed by atoms with Crippen molar-refractivity contribution in [2.75, 3.05) is 0 Å². The highest BCUT2D eigenvalue weighted by molar-refractivity contribution is 8.10. The molecule has 15 heavy (non-hydrogen) atoms. The smallest absolute Gasteiger partial charge is 0.309 e. The fraction of sp³-hybridized carbons (Fsp3) is 0.800. The van der Waals surface area contributed by atoms with Gasteiger partial charge >= 0.3 is 5.97 Å². The van der Waals surface area contributed by atoms with Crippen molar-refractivity contribution < 1.29 is 14.3 Å². The maximum Gasteiger partial charge on any atom is 0.309 e. The third-order valence-corrected chi connectivity index (χ3v) is 2.30. The number of thiocarbonyl (C=S) groups is 1. The second-order valence-corrected chi connectivity index (χ2v) is 5.79. The Bertz CT molecular complexity index is 264. The summed E-state index contributed by atoms with van der Waals surface area (Å²) in [7, 11) is 0. The zero-order valence-corrected chi connectivity index (χ0v) is 10.9. The lowest BCUT2D eigenvalue weighted by atomic mass is 9.82. The molecule has 0 N–H and O–H groups in total. The van der Waals surface area contributed by atoms with E-state index in [9.17, 15) is 4.79 Å². The van der Waals surface area contributed by atoms with E-state index in [0.717, 1.165) is 0 Å². The summed E-state index contributed by atoms with van der Waals surface area (Å²) in [5.41, 5.74) is -0.415. The maximum atomic E-state index is 11.5. The van der Waals surface area contributed by atoms with Crippen molar-refractivity contribution in [2.24, 2.45) is 5.92 Å². The number of carbonyl (C=O) groups excluding carboxylic acids is 1. The van der Waals surface area contributed by atoms with Gasteiger partial charge < -0.3 is 9.47 Å². The van der Waals surface area contributed by atoms with Crippen molar-refractivity contribution in [1.29, 1.82) is 0 Å². The molecular weight excluding hydrogens is 232 g/mol. The Morgan fingerprint density at radius 3 is 2.33 bits per heavy atom. The lowest BCUT2D eigenvalue weighted by Crippen LogP contribution is -2.40. The Morgan fingerprint density at radius 1 is 1.40 bits per heavy atom. The van der Waals surface area contributed by atoms with Gasteiger partial charge in [-0.15, -0.1) is 0 Å². The third-order valence-electron chi connectivity index (χ3n) is 2.10. The maximum absolute atomic E-state index is 11.5. The van der Waals surface area contributed by atoms with Crippen molar-refractivity contribution in [2.45, 2.75) is 45.3 Å². The molecule has 86 valence electrons. The number of ether oxygens (including phenoxy) is 2. The second kappa shape index (κ2) is 4.70. The van der Waals surface area contributed by atoms with E-state index >= 15 is 0 Å². The van der Waals surface area contributed by atoms with Gasteiger partial charge in [0.15, 0.2) is 0 Å². The van der Waals surface area contributed by atoms with Crippen molar-refractivity contribution in [1.82, 2.24) is 0 Å². The monoisotopic (exact) mass is 248 g/mol. The van der Waals surface area contributed by atoms with E-state index in [1.165, 1.54) is 0 Å². The molecule has 0 radical (unpaired) electrons. The molecule has 0 amide bonds. The summed E-state index contributed by atoms with van der Waals surface area (Å²) in [5, 5.41) is 0. The summed E-state index contributed by atoms with van der Waals surface area (Å²) in [6.07, 6.45) is 1.39. The van der Waals surface area contributed by atoms with E-state index in [1.807, 2.05) is 20.8 Å². The topological polar surface area (TPSA) is 35.5 Å². The Kier molecular flexibility index (Phi) is 4.00. The van der Waals surface area contributed by atoms with Crippen molar-refractivity contribution in [3.63, 3.8) is 0 Å². The Balaban J connectivity index is 2.27. The van der Waals surface area contributed by atoms with Crippen LogP contribution >= 0.6 is 24.8 Å². The molecule has 1 fully saturated rings. The summed E-state index contributed by atoms with van der Waals surface area (Å²) in [5.74, 6) is -0.190. The van der Waals surface area contributed by atoms with Crippen molar-refractivity contribution >= 4 is 35.2 Å². The fourth-order valence-corrected chi connectivity index (χ4v) is 1.67. The van der Waals surface area contributed by atoms with Gasteiger partial charge in [0.05, 0.1) is 5.92 Å². The summed E-state index contributed by atoms with van der Waals surface area (Å²) >= 11 is 8.56.